The van der Waals surface area contributed by atoms with Crippen molar-refractivity contribution in [3.63, 3.8) is 0 Å². The highest BCUT2D eigenvalue weighted by Crippen LogP contribution is 2.27. The van der Waals surface area contributed by atoms with Crippen LogP contribution in [0.25, 0.3) is 0 Å². The lowest BCUT2D eigenvalue weighted by Gasteiger charge is -2.08. The number of alkyl halides is 3. The number of carboxylic acid groups (broad SMARTS) is 1. The number of halogens is 3. The van der Waals surface area contributed by atoms with Gasteiger partial charge in [-0.25, -0.2) is 14.8 Å². The zero-order valence-electron chi connectivity index (χ0n) is 13.6. The predicted molar refractivity (Wildman–Crippen MR) is 82.9 cm³/mol. The van der Waals surface area contributed by atoms with Crippen LogP contribution in [0.15, 0.2) is 22.7 Å². The SMILES string of the molecule is CCc1oc(C(=O)NCCNc2nccc(C(F)(F)F)n2)cc1C(=O)O. The Morgan fingerprint density at radius 3 is 2.62 bits per heavy atom. The largest absolute Gasteiger partial charge is 0.478 e. The number of anilines is 1. The highest BCUT2D eigenvalue weighted by atomic mass is 19.4. The summed E-state index contributed by atoms with van der Waals surface area (Å²) in [4.78, 5) is 30.0. The molecule has 0 bridgehead atoms. The minimum Gasteiger partial charge on any atom is -0.478 e. The monoisotopic (exact) mass is 372 g/mol. The first-order valence-electron chi connectivity index (χ1n) is 7.50. The average molecular weight is 372 g/mol. The second-order valence-corrected chi connectivity index (χ2v) is 5.05. The number of furan rings is 1. The number of amides is 1. The molecule has 2 heterocycles. The smallest absolute Gasteiger partial charge is 0.433 e. The van der Waals surface area contributed by atoms with E-state index in [4.69, 9.17) is 9.52 Å². The van der Waals surface area contributed by atoms with Crippen molar-refractivity contribution in [2.24, 2.45) is 0 Å². The Kier molecular flexibility index (Phi) is 5.80. The number of hydrogen-bond donors (Lipinski definition) is 3. The molecule has 0 spiro atoms. The standard InChI is InChI=1S/C15H15F3N4O4/c1-2-9-8(13(24)25)7-10(26-9)12(23)19-5-6-21-14-20-4-3-11(22-14)15(16,17)18/h3-4,7H,2,5-6H2,1H3,(H,19,23)(H,24,25)(H,20,21,22). The third-order valence-electron chi connectivity index (χ3n) is 3.22. The molecule has 0 saturated carbocycles. The van der Waals surface area contributed by atoms with E-state index < -0.39 is 23.7 Å². The number of aryl methyl sites for hydroxylation is 1. The summed E-state index contributed by atoms with van der Waals surface area (Å²) >= 11 is 0. The molecule has 0 atom stereocenters. The summed E-state index contributed by atoms with van der Waals surface area (Å²) in [6.07, 6.45) is -3.30. The molecule has 0 aliphatic heterocycles. The van der Waals surface area contributed by atoms with E-state index in [0.29, 0.717) is 6.42 Å². The lowest BCUT2D eigenvalue weighted by Crippen LogP contribution is -2.29. The number of carboxylic acids is 1. The summed E-state index contributed by atoms with van der Waals surface area (Å²) < 4.78 is 42.8. The summed E-state index contributed by atoms with van der Waals surface area (Å²) in [5, 5.41) is 14.0. The van der Waals surface area contributed by atoms with E-state index in [1.165, 1.54) is 0 Å². The number of nitrogens with zero attached hydrogens (tertiary/aromatic N) is 2. The molecule has 11 heteroatoms. The highest BCUT2D eigenvalue weighted by Gasteiger charge is 2.32. The molecule has 0 fully saturated rings. The first-order valence-corrected chi connectivity index (χ1v) is 7.50. The summed E-state index contributed by atoms with van der Waals surface area (Å²) in [6, 6.07) is 1.87. The van der Waals surface area contributed by atoms with Crippen molar-refractivity contribution in [2.75, 3.05) is 18.4 Å². The normalized spacial score (nSPS) is 11.2. The highest BCUT2D eigenvalue weighted by molar-refractivity contribution is 5.96. The number of aromatic carboxylic acids is 1. The van der Waals surface area contributed by atoms with Crippen molar-refractivity contribution >= 4 is 17.8 Å². The molecule has 0 aromatic carbocycles. The van der Waals surface area contributed by atoms with Crippen LogP contribution in [0.1, 0.15) is 39.3 Å². The summed E-state index contributed by atoms with van der Waals surface area (Å²) in [6.45, 7) is 1.77. The molecule has 0 unspecified atom stereocenters. The number of hydrogen-bond acceptors (Lipinski definition) is 6. The van der Waals surface area contributed by atoms with Crippen LogP contribution in [0.4, 0.5) is 19.1 Å². The molecule has 1 amide bonds. The van der Waals surface area contributed by atoms with E-state index in [9.17, 15) is 22.8 Å². The fraction of sp³-hybridized carbons (Fsp3) is 0.333. The van der Waals surface area contributed by atoms with Crippen LogP contribution < -0.4 is 10.6 Å². The molecule has 2 aromatic rings. The topological polar surface area (TPSA) is 117 Å². The molecule has 26 heavy (non-hydrogen) atoms. The van der Waals surface area contributed by atoms with Gasteiger partial charge in [-0.2, -0.15) is 13.2 Å². The van der Waals surface area contributed by atoms with Gasteiger partial charge >= 0.3 is 12.1 Å². The Bertz CT molecular complexity index is 804. The lowest BCUT2D eigenvalue weighted by molar-refractivity contribution is -0.141. The van der Waals surface area contributed by atoms with Crippen molar-refractivity contribution in [3.05, 3.63) is 41.1 Å². The maximum absolute atomic E-state index is 12.5. The van der Waals surface area contributed by atoms with E-state index in [1.54, 1.807) is 6.92 Å². The van der Waals surface area contributed by atoms with Gasteiger partial charge in [-0.1, -0.05) is 6.92 Å². The van der Waals surface area contributed by atoms with Gasteiger partial charge in [0.25, 0.3) is 5.91 Å². The molecule has 0 aliphatic carbocycles. The summed E-state index contributed by atoms with van der Waals surface area (Å²) in [5.74, 6) is -2.05. The van der Waals surface area contributed by atoms with Crippen LogP contribution in [-0.2, 0) is 12.6 Å². The number of rotatable bonds is 7. The van der Waals surface area contributed by atoms with E-state index in [2.05, 4.69) is 20.6 Å². The van der Waals surface area contributed by atoms with Crippen molar-refractivity contribution in [1.29, 1.82) is 0 Å². The van der Waals surface area contributed by atoms with Crippen molar-refractivity contribution < 1.29 is 32.3 Å². The first-order chi connectivity index (χ1) is 12.2. The second kappa shape index (κ2) is 7.85. The van der Waals surface area contributed by atoms with Gasteiger partial charge in [0.1, 0.15) is 17.0 Å². The van der Waals surface area contributed by atoms with E-state index in [-0.39, 0.29) is 36.1 Å². The fourth-order valence-corrected chi connectivity index (χ4v) is 2.02. The van der Waals surface area contributed by atoms with Gasteiger partial charge in [-0.3, -0.25) is 4.79 Å². The Hall–Kier alpha value is -3.11. The molecule has 0 saturated heterocycles. The van der Waals surface area contributed by atoms with Gasteiger partial charge in [-0.05, 0) is 6.07 Å². The minimum absolute atomic E-state index is 0.0308. The van der Waals surface area contributed by atoms with E-state index in [1.807, 2.05) is 0 Å². The molecule has 2 aromatic heterocycles. The van der Waals surface area contributed by atoms with Gasteiger partial charge in [-0.15, -0.1) is 0 Å². The number of aromatic nitrogens is 2. The van der Waals surface area contributed by atoms with Gasteiger partial charge in [0.15, 0.2) is 5.76 Å². The zero-order chi connectivity index (χ0) is 19.3. The van der Waals surface area contributed by atoms with Crippen molar-refractivity contribution in [3.8, 4) is 0 Å². The average Bonchev–Trinajstić information content (AvgIpc) is 3.03. The zero-order valence-corrected chi connectivity index (χ0v) is 13.6. The summed E-state index contributed by atoms with van der Waals surface area (Å²) in [5.41, 5.74) is -1.17. The quantitative estimate of drug-likeness (QED) is 0.638. The van der Waals surface area contributed by atoms with Crippen LogP contribution in [0.3, 0.4) is 0 Å². The molecule has 2 rings (SSSR count). The molecule has 3 N–H and O–H groups in total. The Morgan fingerprint density at radius 2 is 2.04 bits per heavy atom. The van der Waals surface area contributed by atoms with Gasteiger partial charge in [0, 0.05) is 31.8 Å². The molecule has 0 aliphatic rings. The molecule has 140 valence electrons. The van der Waals surface area contributed by atoms with Crippen LogP contribution in [0.5, 0.6) is 0 Å². The first kappa shape index (κ1) is 19.2. The Balaban J connectivity index is 1.88. The lowest BCUT2D eigenvalue weighted by atomic mass is 10.2. The molecular formula is C15H15F3N4O4. The maximum Gasteiger partial charge on any atom is 0.433 e. The third kappa shape index (κ3) is 4.71. The minimum atomic E-state index is -4.58. The summed E-state index contributed by atoms with van der Waals surface area (Å²) in [7, 11) is 0. The number of nitrogens with one attached hydrogen (secondary N) is 2. The van der Waals surface area contributed by atoms with E-state index in [0.717, 1.165) is 18.3 Å². The van der Waals surface area contributed by atoms with Crippen LogP contribution in [0.2, 0.25) is 0 Å². The fourth-order valence-electron chi connectivity index (χ4n) is 2.02. The van der Waals surface area contributed by atoms with Gasteiger partial charge in [0.2, 0.25) is 5.95 Å². The predicted octanol–water partition coefficient (Wildman–Crippen LogP) is 2.19. The van der Waals surface area contributed by atoms with Crippen LogP contribution >= 0.6 is 0 Å². The second-order valence-electron chi connectivity index (χ2n) is 5.05. The Morgan fingerprint density at radius 1 is 1.31 bits per heavy atom. The van der Waals surface area contributed by atoms with Crippen LogP contribution in [0, 0.1) is 0 Å². The molecule has 8 nitrogen and oxygen atoms in total. The maximum atomic E-state index is 12.5. The van der Waals surface area contributed by atoms with E-state index >= 15 is 0 Å². The molecular weight excluding hydrogens is 357 g/mol. The van der Waals surface area contributed by atoms with Gasteiger partial charge < -0.3 is 20.2 Å². The Labute approximate surface area is 145 Å². The number of carbonyl (C=O) groups excluding carboxylic acids is 1. The molecule has 0 radical (unpaired) electrons. The van der Waals surface area contributed by atoms with Gasteiger partial charge in [0.05, 0.1) is 0 Å². The van der Waals surface area contributed by atoms with Crippen LogP contribution in [-0.4, -0.2) is 40.0 Å². The third-order valence-corrected chi connectivity index (χ3v) is 3.22. The van der Waals surface area contributed by atoms with Crippen molar-refractivity contribution in [1.82, 2.24) is 15.3 Å². The number of carbonyl (C=O) groups is 2. The van der Waals surface area contributed by atoms with Crippen molar-refractivity contribution in [2.45, 2.75) is 19.5 Å².